The Hall–Kier alpha value is -4.12. The first-order valence-corrected chi connectivity index (χ1v) is 10.7. The lowest BCUT2D eigenvalue weighted by Crippen LogP contribution is -2.14. The third kappa shape index (κ3) is 5.32. The third-order valence-corrected chi connectivity index (χ3v) is 5.71. The van der Waals surface area contributed by atoms with Crippen LogP contribution in [0.3, 0.4) is 0 Å². The first-order valence-electron chi connectivity index (χ1n) is 9.21. The number of anilines is 2. The molecule has 0 unspecified atom stereocenters. The Morgan fingerprint density at radius 2 is 1.69 bits per heavy atom. The van der Waals surface area contributed by atoms with Gasteiger partial charge in [0.05, 0.1) is 35.9 Å². The lowest BCUT2D eigenvalue weighted by atomic mass is 10.2. The molecule has 0 aliphatic heterocycles. The third-order valence-electron chi connectivity index (χ3n) is 4.34. The highest BCUT2D eigenvalue weighted by Gasteiger charge is 2.22. The maximum atomic E-state index is 12.8. The molecule has 0 radical (unpaired) electrons. The van der Waals surface area contributed by atoms with E-state index in [-0.39, 0.29) is 16.3 Å². The highest BCUT2D eigenvalue weighted by molar-refractivity contribution is 7.92. The number of hydrazone groups is 1. The van der Waals surface area contributed by atoms with Gasteiger partial charge in [-0.2, -0.15) is 5.10 Å². The number of rotatable bonds is 9. The van der Waals surface area contributed by atoms with Gasteiger partial charge in [0.15, 0.2) is 0 Å². The van der Waals surface area contributed by atoms with Crippen LogP contribution in [0.15, 0.2) is 76.7 Å². The first-order chi connectivity index (χ1) is 15.3. The molecule has 0 fully saturated rings. The van der Waals surface area contributed by atoms with Crippen LogP contribution >= 0.6 is 0 Å². The molecule has 11 heteroatoms. The molecule has 0 aliphatic rings. The minimum Gasteiger partial charge on any atom is -0.497 e. The summed E-state index contributed by atoms with van der Waals surface area (Å²) in [5, 5.41) is 15.5. The van der Waals surface area contributed by atoms with E-state index >= 15 is 0 Å². The maximum Gasteiger partial charge on any atom is 0.295 e. The molecule has 0 aliphatic carbocycles. The van der Waals surface area contributed by atoms with Gasteiger partial charge in [-0.05, 0) is 54.1 Å². The van der Waals surface area contributed by atoms with Crippen LogP contribution in [0.25, 0.3) is 0 Å². The van der Waals surface area contributed by atoms with Crippen molar-refractivity contribution in [3.8, 4) is 11.5 Å². The van der Waals surface area contributed by atoms with E-state index in [1.165, 1.54) is 31.5 Å². The Morgan fingerprint density at radius 3 is 2.34 bits per heavy atom. The number of benzene rings is 3. The molecule has 3 aromatic carbocycles. The van der Waals surface area contributed by atoms with Gasteiger partial charge >= 0.3 is 0 Å². The van der Waals surface area contributed by atoms with Crippen LogP contribution in [0.1, 0.15) is 5.56 Å². The van der Waals surface area contributed by atoms with Crippen LogP contribution < -0.4 is 19.6 Å². The molecule has 3 aromatic rings. The van der Waals surface area contributed by atoms with Crippen molar-refractivity contribution in [2.75, 3.05) is 24.4 Å². The van der Waals surface area contributed by atoms with Crippen LogP contribution in [-0.2, 0) is 10.0 Å². The zero-order valence-electron chi connectivity index (χ0n) is 17.2. The number of para-hydroxylation sites is 2. The van der Waals surface area contributed by atoms with Gasteiger partial charge in [0.1, 0.15) is 17.2 Å². The fourth-order valence-corrected chi connectivity index (χ4v) is 3.81. The van der Waals surface area contributed by atoms with Crippen molar-refractivity contribution in [1.82, 2.24) is 0 Å². The zero-order chi connectivity index (χ0) is 23.1. The van der Waals surface area contributed by atoms with Crippen molar-refractivity contribution in [1.29, 1.82) is 0 Å². The van der Waals surface area contributed by atoms with E-state index in [0.29, 0.717) is 11.5 Å². The standard InChI is InChI=1S/C21H20N4O6S/c1-30-16-9-7-15(8-10-16)14-22-23-18-12-11-17(13-20(18)25(26)27)32(28,29)24-19-5-3-4-6-21(19)31-2/h3-14,23-24H,1-2H3. The number of nitrogens with one attached hydrogen (secondary N) is 2. The summed E-state index contributed by atoms with van der Waals surface area (Å²) >= 11 is 0. The molecule has 2 N–H and O–H groups in total. The molecule has 0 amide bonds. The molecular formula is C21H20N4O6S. The highest BCUT2D eigenvalue weighted by Crippen LogP contribution is 2.30. The van der Waals surface area contributed by atoms with Gasteiger partial charge in [-0.15, -0.1) is 0 Å². The summed E-state index contributed by atoms with van der Waals surface area (Å²) in [6.45, 7) is 0. The van der Waals surface area contributed by atoms with Crippen molar-refractivity contribution in [2.45, 2.75) is 4.90 Å². The van der Waals surface area contributed by atoms with Crippen LogP contribution in [0.2, 0.25) is 0 Å². The minimum absolute atomic E-state index is 0.0380. The number of nitro benzene ring substituents is 1. The molecule has 32 heavy (non-hydrogen) atoms. The summed E-state index contributed by atoms with van der Waals surface area (Å²) in [4.78, 5) is 10.6. The molecule has 0 spiro atoms. The second kappa shape index (κ2) is 9.79. The summed E-state index contributed by atoms with van der Waals surface area (Å²) < 4.78 is 38.1. The van der Waals surface area contributed by atoms with Gasteiger partial charge in [-0.3, -0.25) is 20.3 Å². The lowest BCUT2D eigenvalue weighted by Gasteiger charge is -2.12. The maximum absolute atomic E-state index is 12.8. The van der Waals surface area contributed by atoms with E-state index in [0.717, 1.165) is 11.6 Å². The normalized spacial score (nSPS) is 11.2. The molecule has 0 aromatic heterocycles. The quantitative estimate of drug-likeness (QED) is 0.284. The van der Waals surface area contributed by atoms with Crippen LogP contribution in [0, 0.1) is 10.1 Å². The summed E-state index contributed by atoms with van der Waals surface area (Å²) in [6.07, 6.45) is 1.47. The largest absolute Gasteiger partial charge is 0.497 e. The molecular weight excluding hydrogens is 436 g/mol. The number of hydrogen-bond donors (Lipinski definition) is 2. The van der Waals surface area contributed by atoms with Crippen LogP contribution in [0.4, 0.5) is 17.1 Å². The van der Waals surface area contributed by atoms with Crippen molar-refractivity contribution in [3.63, 3.8) is 0 Å². The van der Waals surface area contributed by atoms with Crippen molar-refractivity contribution < 1.29 is 22.8 Å². The summed E-state index contributed by atoms with van der Waals surface area (Å²) in [5.74, 6) is 1.00. The average Bonchev–Trinajstić information content (AvgIpc) is 2.79. The second-order valence-electron chi connectivity index (χ2n) is 6.39. The van der Waals surface area contributed by atoms with E-state index in [1.54, 1.807) is 49.6 Å². The molecule has 3 rings (SSSR count). The van der Waals surface area contributed by atoms with Gasteiger partial charge in [-0.1, -0.05) is 12.1 Å². The SMILES string of the molecule is COc1ccc(C=NNc2ccc(S(=O)(=O)Nc3ccccc3OC)cc2[N+](=O)[O-])cc1. The average molecular weight is 456 g/mol. The Balaban J connectivity index is 1.83. The molecule has 0 saturated heterocycles. The predicted molar refractivity (Wildman–Crippen MR) is 121 cm³/mol. The minimum atomic E-state index is -4.10. The van der Waals surface area contributed by atoms with E-state index in [1.807, 2.05) is 0 Å². The number of methoxy groups -OCH3 is 2. The lowest BCUT2D eigenvalue weighted by molar-refractivity contribution is -0.384. The van der Waals surface area contributed by atoms with E-state index < -0.39 is 20.6 Å². The molecule has 0 bridgehead atoms. The summed E-state index contributed by atoms with van der Waals surface area (Å²) in [5.41, 5.74) is 3.12. The van der Waals surface area contributed by atoms with Crippen LogP contribution in [-0.4, -0.2) is 33.8 Å². The fourth-order valence-electron chi connectivity index (χ4n) is 2.72. The molecule has 0 saturated carbocycles. The number of nitrogens with zero attached hydrogens (tertiary/aromatic N) is 2. The van der Waals surface area contributed by atoms with Crippen molar-refractivity contribution in [2.24, 2.45) is 5.10 Å². The Kier molecular flexibility index (Phi) is 6.90. The van der Waals surface area contributed by atoms with E-state index in [2.05, 4.69) is 15.2 Å². The Morgan fingerprint density at radius 1 is 0.969 bits per heavy atom. The first kappa shape index (κ1) is 22.6. The molecule has 0 atom stereocenters. The van der Waals surface area contributed by atoms with Gasteiger partial charge in [0.2, 0.25) is 0 Å². The number of hydrogen-bond acceptors (Lipinski definition) is 8. The Bertz CT molecular complexity index is 1240. The topological polar surface area (TPSA) is 132 Å². The van der Waals surface area contributed by atoms with Gasteiger partial charge < -0.3 is 9.47 Å². The van der Waals surface area contributed by atoms with Gasteiger partial charge in [0.25, 0.3) is 15.7 Å². The molecule has 166 valence electrons. The zero-order valence-corrected chi connectivity index (χ0v) is 18.0. The van der Waals surface area contributed by atoms with Crippen molar-refractivity contribution >= 4 is 33.3 Å². The summed E-state index contributed by atoms with van der Waals surface area (Å²) in [6, 6.07) is 16.9. The monoisotopic (exact) mass is 456 g/mol. The molecule has 0 heterocycles. The summed E-state index contributed by atoms with van der Waals surface area (Å²) in [7, 11) is -1.14. The second-order valence-corrected chi connectivity index (χ2v) is 8.07. The van der Waals surface area contributed by atoms with Crippen LogP contribution in [0.5, 0.6) is 11.5 Å². The van der Waals surface area contributed by atoms with E-state index in [9.17, 15) is 18.5 Å². The number of ether oxygens (including phenoxy) is 2. The smallest absolute Gasteiger partial charge is 0.295 e. The highest BCUT2D eigenvalue weighted by atomic mass is 32.2. The van der Waals surface area contributed by atoms with Gasteiger partial charge in [0, 0.05) is 6.07 Å². The predicted octanol–water partition coefficient (Wildman–Crippen LogP) is 3.86. The van der Waals surface area contributed by atoms with E-state index in [4.69, 9.17) is 9.47 Å². The molecule has 10 nitrogen and oxygen atoms in total. The van der Waals surface area contributed by atoms with Crippen molar-refractivity contribution in [3.05, 3.63) is 82.4 Å². The number of sulfonamides is 1. The Labute approximate surface area is 184 Å². The fraction of sp³-hybridized carbons (Fsp3) is 0.0952. The van der Waals surface area contributed by atoms with Gasteiger partial charge in [-0.25, -0.2) is 8.42 Å². The number of nitro groups is 1.